The number of nitrogens with zero attached hydrogens (tertiary/aromatic N) is 1. The number of carbonyl (C=O) groups excluding carboxylic acids is 1. The number of nitrogens with one attached hydrogen (secondary N) is 1. The van der Waals surface area contributed by atoms with Gasteiger partial charge in [-0.25, -0.2) is 0 Å². The van der Waals surface area contributed by atoms with Crippen LogP contribution >= 0.6 is 27.3 Å². The number of thiophene rings is 1. The topological polar surface area (TPSA) is 32.3 Å². The van der Waals surface area contributed by atoms with E-state index in [9.17, 15) is 4.79 Å². The first-order valence-electron chi connectivity index (χ1n) is 6.48. The molecule has 0 saturated heterocycles. The zero-order valence-corrected chi connectivity index (χ0v) is 13.6. The molecular weight excluding hydrogens is 336 g/mol. The van der Waals surface area contributed by atoms with E-state index >= 15 is 0 Å². The Balaban J connectivity index is 1.74. The zero-order valence-electron chi connectivity index (χ0n) is 11.1. The number of fused-ring (bicyclic) bond motifs is 1. The fraction of sp³-hybridized carbons (Fsp3) is 0.267. The Kier molecular flexibility index (Phi) is 3.81. The number of hydrogen-bond acceptors (Lipinski definition) is 3. The van der Waals surface area contributed by atoms with Crippen molar-refractivity contribution in [3.63, 3.8) is 0 Å². The molecule has 5 heteroatoms. The Hall–Kier alpha value is -1.33. The third kappa shape index (κ3) is 2.74. The summed E-state index contributed by atoms with van der Waals surface area (Å²) in [4.78, 5) is 14.2. The molecule has 0 saturated carbocycles. The van der Waals surface area contributed by atoms with Gasteiger partial charge in [-0.3, -0.25) is 4.79 Å². The van der Waals surface area contributed by atoms with Gasteiger partial charge < -0.3 is 10.2 Å². The van der Waals surface area contributed by atoms with E-state index in [1.165, 1.54) is 5.56 Å². The summed E-state index contributed by atoms with van der Waals surface area (Å²) in [5.41, 5.74) is 4.32. The van der Waals surface area contributed by atoms with E-state index in [2.05, 4.69) is 32.7 Å². The molecule has 0 fully saturated rings. The van der Waals surface area contributed by atoms with Crippen LogP contribution in [0, 0.1) is 0 Å². The number of amides is 1. The fourth-order valence-corrected chi connectivity index (χ4v) is 3.63. The van der Waals surface area contributed by atoms with Gasteiger partial charge in [-0.15, -0.1) is 11.3 Å². The summed E-state index contributed by atoms with van der Waals surface area (Å²) in [6.45, 7) is 1.60. The van der Waals surface area contributed by atoms with Crippen molar-refractivity contribution >= 4 is 38.9 Å². The molecule has 0 atom stereocenters. The SMILES string of the molecule is CN(Cc1csc(Br)c1)C(=O)c1ccc2c(c1)CCN2. The maximum atomic E-state index is 12.5. The minimum Gasteiger partial charge on any atom is -0.384 e. The van der Waals surface area contributed by atoms with Gasteiger partial charge in [0.05, 0.1) is 3.79 Å². The smallest absolute Gasteiger partial charge is 0.253 e. The lowest BCUT2D eigenvalue weighted by atomic mass is 10.1. The maximum Gasteiger partial charge on any atom is 0.253 e. The molecule has 1 amide bonds. The average molecular weight is 351 g/mol. The molecule has 1 aliphatic rings. The molecule has 1 N–H and O–H groups in total. The van der Waals surface area contributed by atoms with Crippen molar-refractivity contribution in [3.05, 3.63) is 50.1 Å². The Labute approximate surface area is 130 Å². The maximum absolute atomic E-state index is 12.5. The Morgan fingerprint density at radius 3 is 3.05 bits per heavy atom. The van der Waals surface area contributed by atoms with E-state index in [4.69, 9.17) is 0 Å². The van der Waals surface area contributed by atoms with Gasteiger partial charge in [-0.05, 0) is 63.1 Å². The van der Waals surface area contributed by atoms with E-state index in [0.717, 1.165) is 33.6 Å². The number of hydrogen-bond donors (Lipinski definition) is 1. The van der Waals surface area contributed by atoms with Gasteiger partial charge in [-0.2, -0.15) is 0 Å². The van der Waals surface area contributed by atoms with Crippen LogP contribution in [0.5, 0.6) is 0 Å². The first-order chi connectivity index (χ1) is 9.63. The van der Waals surface area contributed by atoms with Gasteiger partial charge in [-0.1, -0.05) is 0 Å². The summed E-state index contributed by atoms with van der Waals surface area (Å²) in [5.74, 6) is 0.0713. The van der Waals surface area contributed by atoms with Gasteiger partial charge in [0.15, 0.2) is 0 Å². The number of rotatable bonds is 3. The summed E-state index contributed by atoms with van der Waals surface area (Å²) in [7, 11) is 1.85. The highest BCUT2D eigenvalue weighted by Crippen LogP contribution is 2.25. The minimum atomic E-state index is 0.0713. The van der Waals surface area contributed by atoms with Crippen molar-refractivity contribution in [2.45, 2.75) is 13.0 Å². The van der Waals surface area contributed by atoms with Crippen LogP contribution in [0.4, 0.5) is 5.69 Å². The highest BCUT2D eigenvalue weighted by Gasteiger charge is 2.16. The molecule has 0 bridgehead atoms. The third-order valence-electron chi connectivity index (χ3n) is 3.45. The van der Waals surface area contributed by atoms with Crippen molar-refractivity contribution < 1.29 is 4.79 Å². The largest absolute Gasteiger partial charge is 0.384 e. The number of anilines is 1. The second-order valence-electron chi connectivity index (χ2n) is 4.97. The van der Waals surface area contributed by atoms with E-state index in [1.807, 2.05) is 25.2 Å². The average Bonchev–Trinajstić information content (AvgIpc) is 3.05. The van der Waals surface area contributed by atoms with Crippen LogP contribution in [-0.4, -0.2) is 24.4 Å². The molecule has 0 aliphatic carbocycles. The van der Waals surface area contributed by atoms with Crippen LogP contribution in [0.2, 0.25) is 0 Å². The Morgan fingerprint density at radius 2 is 2.30 bits per heavy atom. The lowest BCUT2D eigenvalue weighted by Gasteiger charge is -2.17. The molecule has 20 heavy (non-hydrogen) atoms. The van der Waals surface area contributed by atoms with Gasteiger partial charge in [0.1, 0.15) is 0 Å². The molecular formula is C15H15BrN2OS. The Morgan fingerprint density at radius 1 is 1.45 bits per heavy atom. The summed E-state index contributed by atoms with van der Waals surface area (Å²) < 4.78 is 1.09. The second kappa shape index (κ2) is 5.58. The molecule has 1 aromatic carbocycles. The van der Waals surface area contributed by atoms with Crippen LogP contribution in [0.3, 0.4) is 0 Å². The summed E-state index contributed by atoms with van der Waals surface area (Å²) in [6, 6.07) is 7.98. The van der Waals surface area contributed by atoms with Crippen LogP contribution in [0.1, 0.15) is 21.5 Å². The van der Waals surface area contributed by atoms with Crippen LogP contribution in [0.25, 0.3) is 0 Å². The number of halogens is 1. The molecule has 3 rings (SSSR count). The van der Waals surface area contributed by atoms with Crippen molar-refractivity contribution in [3.8, 4) is 0 Å². The first-order valence-corrected chi connectivity index (χ1v) is 8.16. The molecule has 0 unspecified atom stereocenters. The predicted molar refractivity (Wildman–Crippen MR) is 86.5 cm³/mol. The lowest BCUT2D eigenvalue weighted by Crippen LogP contribution is -2.26. The summed E-state index contributed by atoms with van der Waals surface area (Å²) in [5, 5.41) is 5.38. The van der Waals surface area contributed by atoms with Gasteiger partial charge in [0.2, 0.25) is 0 Å². The highest BCUT2D eigenvalue weighted by atomic mass is 79.9. The minimum absolute atomic E-state index is 0.0713. The van der Waals surface area contributed by atoms with Gasteiger partial charge in [0, 0.05) is 31.4 Å². The standard InChI is InChI=1S/C15H15BrN2OS/c1-18(8-10-6-14(16)20-9-10)15(19)12-2-3-13-11(7-12)4-5-17-13/h2-3,6-7,9,17H,4-5,8H2,1H3. The van der Waals surface area contributed by atoms with E-state index < -0.39 is 0 Å². The van der Waals surface area contributed by atoms with E-state index in [0.29, 0.717) is 6.54 Å². The number of benzene rings is 1. The Bertz CT molecular complexity index is 653. The third-order valence-corrected chi connectivity index (χ3v) is 5.00. The summed E-state index contributed by atoms with van der Waals surface area (Å²) >= 11 is 5.09. The fourth-order valence-electron chi connectivity index (χ4n) is 2.43. The van der Waals surface area contributed by atoms with Crippen molar-refractivity contribution in [1.82, 2.24) is 4.90 Å². The zero-order chi connectivity index (χ0) is 14.1. The molecule has 2 aromatic rings. The highest BCUT2D eigenvalue weighted by molar-refractivity contribution is 9.11. The van der Waals surface area contributed by atoms with Gasteiger partial charge >= 0.3 is 0 Å². The van der Waals surface area contributed by atoms with Crippen molar-refractivity contribution in [2.75, 3.05) is 18.9 Å². The molecule has 0 spiro atoms. The van der Waals surface area contributed by atoms with Crippen molar-refractivity contribution in [1.29, 1.82) is 0 Å². The van der Waals surface area contributed by atoms with Crippen LogP contribution in [0.15, 0.2) is 33.4 Å². The van der Waals surface area contributed by atoms with Crippen molar-refractivity contribution in [2.24, 2.45) is 0 Å². The molecule has 3 nitrogen and oxygen atoms in total. The van der Waals surface area contributed by atoms with Gasteiger partial charge in [0.25, 0.3) is 5.91 Å². The summed E-state index contributed by atoms with van der Waals surface area (Å²) in [6.07, 6.45) is 0.998. The molecule has 104 valence electrons. The normalized spacial score (nSPS) is 12.9. The monoisotopic (exact) mass is 350 g/mol. The number of carbonyl (C=O) groups is 1. The molecule has 1 aromatic heterocycles. The molecule has 2 heterocycles. The quantitative estimate of drug-likeness (QED) is 0.914. The first kappa shape index (κ1) is 13.6. The van der Waals surface area contributed by atoms with Crippen LogP contribution in [-0.2, 0) is 13.0 Å². The van der Waals surface area contributed by atoms with E-state index in [1.54, 1.807) is 16.2 Å². The van der Waals surface area contributed by atoms with Crippen LogP contribution < -0.4 is 5.32 Å². The van der Waals surface area contributed by atoms with E-state index in [-0.39, 0.29) is 5.91 Å². The lowest BCUT2D eigenvalue weighted by molar-refractivity contribution is 0.0785. The second-order valence-corrected chi connectivity index (χ2v) is 7.26. The molecule has 0 radical (unpaired) electrons. The predicted octanol–water partition coefficient (Wildman–Crippen LogP) is 3.75. The molecule has 1 aliphatic heterocycles.